The Morgan fingerprint density at radius 3 is 2.40 bits per heavy atom. The fourth-order valence-electron chi connectivity index (χ4n) is 1.00. The Kier molecular flexibility index (Phi) is 3.01. The van der Waals surface area contributed by atoms with Crippen LogP contribution in [0.15, 0.2) is 11.1 Å². The van der Waals surface area contributed by atoms with Crippen molar-refractivity contribution in [1.29, 1.82) is 0 Å². The first kappa shape index (κ1) is 12.3. The molecule has 1 rings (SSSR count). The van der Waals surface area contributed by atoms with Crippen LogP contribution in [0.2, 0.25) is 0 Å². The third kappa shape index (κ3) is 3.38. The van der Waals surface area contributed by atoms with Gasteiger partial charge < -0.3 is 0 Å². The smallest absolute Gasteiger partial charge is 0.262 e. The first-order chi connectivity index (χ1) is 6.59. The lowest BCUT2D eigenvalue weighted by molar-refractivity contribution is -0.142. The molecule has 0 radical (unpaired) electrons. The molecule has 0 saturated heterocycles. The quantitative estimate of drug-likeness (QED) is 0.762. The Morgan fingerprint density at radius 2 is 2.07 bits per heavy atom. The van der Waals surface area contributed by atoms with Gasteiger partial charge in [-0.1, -0.05) is 0 Å². The maximum absolute atomic E-state index is 11.9. The lowest BCUT2D eigenvalue weighted by atomic mass is 10.5. The van der Waals surface area contributed by atoms with Gasteiger partial charge in [-0.15, -0.1) is 0 Å². The van der Waals surface area contributed by atoms with Crippen molar-refractivity contribution in [2.24, 2.45) is 0 Å². The van der Waals surface area contributed by atoms with Crippen LogP contribution in [0.5, 0.6) is 0 Å². The van der Waals surface area contributed by atoms with E-state index in [9.17, 15) is 21.6 Å². The summed E-state index contributed by atoms with van der Waals surface area (Å²) in [5, 5.41) is 3.40. The fraction of sp³-hybridized carbons (Fsp3) is 0.500. The van der Waals surface area contributed by atoms with Gasteiger partial charge in [-0.3, -0.25) is 4.68 Å². The predicted molar refractivity (Wildman–Crippen MR) is 46.1 cm³/mol. The zero-order valence-electron chi connectivity index (χ0n) is 7.42. The number of hydrogen-bond acceptors (Lipinski definition) is 3. The van der Waals surface area contributed by atoms with E-state index >= 15 is 0 Å². The Balaban J connectivity index is 3.08. The summed E-state index contributed by atoms with van der Waals surface area (Å²) in [5.74, 6) is 0. The van der Waals surface area contributed by atoms with Crippen molar-refractivity contribution in [2.45, 2.75) is 24.5 Å². The largest absolute Gasteiger partial charge is 0.408 e. The molecule has 0 aliphatic carbocycles. The van der Waals surface area contributed by atoms with Gasteiger partial charge in [0.25, 0.3) is 9.05 Å². The monoisotopic (exact) mass is 262 g/mol. The fourth-order valence-corrected chi connectivity index (χ4v) is 2.10. The first-order valence-electron chi connectivity index (χ1n) is 3.65. The van der Waals surface area contributed by atoms with Crippen LogP contribution in [0.4, 0.5) is 13.2 Å². The van der Waals surface area contributed by atoms with Crippen LogP contribution >= 0.6 is 10.7 Å². The summed E-state index contributed by atoms with van der Waals surface area (Å²) >= 11 is 0. The van der Waals surface area contributed by atoms with Crippen molar-refractivity contribution < 1.29 is 21.6 Å². The second-order valence-electron chi connectivity index (χ2n) is 2.83. The van der Waals surface area contributed by atoms with Crippen molar-refractivity contribution in [3.05, 3.63) is 11.9 Å². The van der Waals surface area contributed by atoms with E-state index < -0.39 is 26.7 Å². The zero-order chi connectivity index (χ0) is 11.9. The SMILES string of the molecule is Cc1nn(CC(F)(F)F)cc1S(=O)(=O)Cl. The number of aromatic nitrogens is 2. The summed E-state index contributed by atoms with van der Waals surface area (Å²) in [6.45, 7) is -0.0810. The second kappa shape index (κ2) is 3.67. The van der Waals surface area contributed by atoms with E-state index in [-0.39, 0.29) is 5.69 Å². The van der Waals surface area contributed by atoms with E-state index in [0.717, 1.165) is 6.20 Å². The van der Waals surface area contributed by atoms with Crippen molar-refractivity contribution >= 4 is 19.7 Å². The molecule has 1 aromatic rings. The van der Waals surface area contributed by atoms with Crippen LogP contribution in [0.1, 0.15) is 5.69 Å². The molecular formula is C6H6ClF3N2O2S. The van der Waals surface area contributed by atoms with Gasteiger partial charge in [0.2, 0.25) is 0 Å². The molecule has 0 aromatic carbocycles. The van der Waals surface area contributed by atoms with Gasteiger partial charge in [0.05, 0.1) is 5.69 Å². The molecule has 1 heterocycles. The minimum Gasteiger partial charge on any atom is -0.262 e. The van der Waals surface area contributed by atoms with E-state index in [2.05, 4.69) is 5.10 Å². The summed E-state index contributed by atoms with van der Waals surface area (Å²) in [6.07, 6.45) is -3.70. The standard InChI is InChI=1S/C6H6ClF3N2O2S/c1-4-5(15(7,13)14)2-12(11-4)3-6(8,9)10/h2H,3H2,1H3. The van der Waals surface area contributed by atoms with E-state index in [0.29, 0.717) is 4.68 Å². The van der Waals surface area contributed by atoms with Gasteiger partial charge in [-0.25, -0.2) is 8.42 Å². The maximum atomic E-state index is 11.9. The number of alkyl halides is 3. The van der Waals surface area contributed by atoms with Crippen LogP contribution in [0, 0.1) is 6.92 Å². The average molecular weight is 263 g/mol. The van der Waals surface area contributed by atoms with Gasteiger partial charge >= 0.3 is 6.18 Å². The predicted octanol–water partition coefficient (Wildman–Crippen LogP) is 1.68. The summed E-state index contributed by atoms with van der Waals surface area (Å²) in [5.41, 5.74) is -0.0609. The van der Waals surface area contributed by atoms with Crippen LogP contribution in [-0.2, 0) is 15.6 Å². The van der Waals surface area contributed by atoms with Crippen molar-refractivity contribution in [1.82, 2.24) is 9.78 Å². The van der Waals surface area contributed by atoms with Crippen molar-refractivity contribution in [3.63, 3.8) is 0 Å². The molecule has 0 aliphatic rings. The molecule has 0 fully saturated rings. The molecule has 0 unspecified atom stereocenters. The van der Waals surface area contributed by atoms with E-state index in [1.54, 1.807) is 0 Å². The molecule has 9 heteroatoms. The summed E-state index contributed by atoms with van der Waals surface area (Å²) in [4.78, 5) is -0.409. The Labute approximate surface area is 88.1 Å². The molecule has 0 amide bonds. The normalized spacial score (nSPS) is 13.1. The van der Waals surface area contributed by atoms with Crippen molar-refractivity contribution in [3.8, 4) is 0 Å². The molecule has 0 N–H and O–H groups in total. The number of halogens is 4. The molecule has 86 valence electrons. The lowest BCUT2D eigenvalue weighted by Crippen LogP contribution is -2.18. The van der Waals surface area contributed by atoms with Crippen LogP contribution < -0.4 is 0 Å². The molecule has 0 aliphatic heterocycles. The van der Waals surface area contributed by atoms with Gasteiger partial charge in [0.15, 0.2) is 0 Å². The van der Waals surface area contributed by atoms with Crippen LogP contribution in [0.25, 0.3) is 0 Å². The van der Waals surface area contributed by atoms with Gasteiger partial charge in [0.1, 0.15) is 11.4 Å². The van der Waals surface area contributed by atoms with E-state index in [1.807, 2.05) is 0 Å². The van der Waals surface area contributed by atoms with Gasteiger partial charge in [0, 0.05) is 16.9 Å². The summed E-state index contributed by atoms with van der Waals surface area (Å²) in [6, 6.07) is 0. The highest BCUT2D eigenvalue weighted by molar-refractivity contribution is 8.13. The number of aryl methyl sites for hydroxylation is 1. The average Bonchev–Trinajstić information content (AvgIpc) is 2.25. The number of hydrogen-bond donors (Lipinski definition) is 0. The van der Waals surface area contributed by atoms with Gasteiger partial charge in [-0.05, 0) is 6.92 Å². The molecule has 1 aromatic heterocycles. The molecule has 4 nitrogen and oxygen atoms in total. The van der Waals surface area contributed by atoms with Crippen LogP contribution in [-0.4, -0.2) is 24.4 Å². The Morgan fingerprint density at radius 1 is 1.53 bits per heavy atom. The number of nitrogens with zero attached hydrogens (tertiary/aromatic N) is 2. The molecule has 0 bridgehead atoms. The topological polar surface area (TPSA) is 52.0 Å². The second-order valence-corrected chi connectivity index (χ2v) is 5.36. The van der Waals surface area contributed by atoms with E-state index in [4.69, 9.17) is 10.7 Å². The summed E-state index contributed by atoms with van der Waals surface area (Å²) < 4.78 is 58.0. The van der Waals surface area contributed by atoms with E-state index in [1.165, 1.54) is 6.92 Å². The molecule has 0 atom stereocenters. The van der Waals surface area contributed by atoms with Crippen molar-refractivity contribution in [2.75, 3.05) is 0 Å². The highest BCUT2D eigenvalue weighted by Crippen LogP contribution is 2.21. The lowest BCUT2D eigenvalue weighted by Gasteiger charge is -2.04. The zero-order valence-corrected chi connectivity index (χ0v) is 8.99. The highest BCUT2D eigenvalue weighted by atomic mass is 35.7. The molecule has 15 heavy (non-hydrogen) atoms. The molecule has 0 saturated carbocycles. The molecular weight excluding hydrogens is 257 g/mol. The molecule has 0 spiro atoms. The van der Waals surface area contributed by atoms with Gasteiger partial charge in [-0.2, -0.15) is 18.3 Å². The van der Waals surface area contributed by atoms with Crippen LogP contribution in [0.3, 0.4) is 0 Å². The summed E-state index contributed by atoms with van der Waals surface area (Å²) in [7, 11) is 0.939. The maximum Gasteiger partial charge on any atom is 0.408 e. The highest BCUT2D eigenvalue weighted by Gasteiger charge is 2.29. The third-order valence-electron chi connectivity index (χ3n) is 1.51. The first-order valence-corrected chi connectivity index (χ1v) is 5.96. The third-order valence-corrected chi connectivity index (χ3v) is 2.93. The number of rotatable bonds is 2. The Hall–Kier alpha value is -0.760. The Bertz CT molecular complexity index is 465. The minimum atomic E-state index is -4.45. The minimum absolute atomic E-state index is 0.0609.